The van der Waals surface area contributed by atoms with Crippen LogP contribution in [0.3, 0.4) is 0 Å². The maximum atomic E-state index is 12.6. The van der Waals surface area contributed by atoms with Gasteiger partial charge in [-0.3, -0.25) is 4.79 Å². The number of carboxylic acids is 1. The maximum Gasteiger partial charge on any atom is 0.463 e. The van der Waals surface area contributed by atoms with Gasteiger partial charge < -0.3 is 10.4 Å². The maximum absolute atomic E-state index is 12.6. The van der Waals surface area contributed by atoms with E-state index in [-0.39, 0.29) is 11.1 Å². The number of carbonyl (C=O) groups excluding carboxylic acids is 1. The largest absolute Gasteiger partial charge is 0.478 e. The highest BCUT2D eigenvalue weighted by molar-refractivity contribution is 5.88. The zero-order chi connectivity index (χ0) is 15.6. The van der Waals surface area contributed by atoms with Gasteiger partial charge in [-0.1, -0.05) is 12.1 Å². The molecular weight excluding hydrogens is 289 g/mol. The van der Waals surface area contributed by atoms with Crippen LogP contribution in [0.4, 0.5) is 22.0 Å². The summed E-state index contributed by atoms with van der Waals surface area (Å²) in [6.07, 6.45) is -5.99. The first-order valence-corrected chi connectivity index (χ1v) is 5.11. The quantitative estimate of drug-likeness (QED) is 0.837. The van der Waals surface area contributed by atoms with E-state index in [0.717, 1.165) is 6.07 Å². The van der Waals surface area contributed by atoms with Crippen LogP contribution in [0.1, 0.15) is 15.9 Å². The molecular formula is C11H8F5NO3. The summed E-state index contributed by atoms with van der Waals surface area (Å²) in [6.45, 7) is -0.647. The number of carboxylic acid groups (broad SMARTS) is 1. The highest BCUT2D eigenvalue weighted by Crippen LogP contribution is 2.35. The Hall–Kier alpha value is -2.19. The van der Waals surface area contributed by atoms with Crippen LogP contribution in [0.15, 0.2) is 24.3 Å². The number of hydrogen-bond acceptors (Lipinski definition) is 2. The van der Waals surface area contributed by atoms with Crippen LogP contribution < -0.4 is 5.32 Å². The molecule has 0 aliphatic heterocycles. The lowest BCUT2D eigenvalue weighted by molar-refractivity contribution is -0.269. The van der Waals surface area contributed by atoms with Crippen LogP contribution in [0.2, 0.25) is 0 Å². The van der Waals surface area contributed by atoms with Gasteiger partial charge in [-0.25, -0.2) is 4.79 Å². The van der Waals surface area contributed by atoms with E-state index in [1.807, 2.05) is 0 Å². The molecule has 0 aromatic heterocycles. The lowest BCUT2D eigenvalue weighted by Gasteiger charge is -2.18. The van der Waals surface area contributed by atoms with Gasteiger partial charge in [0.2, 0.25) is 0 Å². The Morgan fingerprint density at radius 2 is 1.75 bits per heavy atom. The topological polar surface area (TPSA) is 66.4 Å². The molecule has 0 radical (unpaired) electrons. The van der Waals surface area contributed by atoms with Crippen molar-refractivity contribution >= 4 is 11.9 Å². The average Bonchev–Trinajstić information content (AvgIpc) is 2.34. The molecule has 1 aromatic rings. The number of alkyl halides is 5. The molecule has 0 saturated heterocycles. The van der Waals surface area contributed by atoms with E-state index in [1.165, 1.54) is 23.5 Å². The third-order valence-electron chi connectivity index (χ3n) is 2.27. The van der Waals surface area contributed by atoms with Crippen LogP contribution in [0.25, 0.3) is 0 Å². The average molecular weight is 297 g/mol. The van der Waals surface area contributed by atoms with Gasteiger partial charge in [-0.05, 0) is 17.7 Å². The van der Waals surface area contributed by atoms with E-state index in [1.54, 1.807) is 0 Å². The van der Waals surface area contributed by atoms with Crippen molar-refractivity contribution in [2.75, 3.05) is 0 Å². The van der Waals surface area contributed by atoms with Gasteiger partial charge in [0.1, 0.15) is 0 Å². The second kappa shape index (κ2) is 5.43. The highest BCUT2D eigenvalue weighted by Gasteiger charge is 2.63. The number of rotatable bonds is 4. The van der Waals surface area contributed by atoms with E-state index in [2.05, 4.69) is 0 Å². The number of hydrogen-bond donors (Lipinski definition) is 2. The van der Waals surface area contributed by atoms with Crippen molar-refractivity contribution in [2.24, 2.45) is 0 Å². The van der Waals surface area contributed by atoms with Gasteiger partial charge in [0.15, 0.2) is 0 Å². The summed E-state index contributed by atoms with van der Waals surface area (Å²) in [5.74, 6) is -9.29. The van der Waals surface area contributed by atoms with Crippen LogP contribution in [-0.2, 0) is 11.3 Å². The Bertz CT molecular complexity index is 527. The predicted molar refractivity (Wildman–Crippen MR) is 56.2 cm³/mol. The van der Waals surface area contributed by atoms with Crippen LogP contribution >= 0.6 is 0 Å². The van der Waals surface area contributed by atoms with Crippen LogP contribution in [-0.4, -0.2) is 29.1 Å². The summed E-state index contributed by atoms with van der Waals surface area (Å²) in [4.78, 5) is 21.4. The summed E-state index contributed by atoms with van der Waals surface area (Å²) in [5, 5.41) is 10.1. The highest BCUT2D eigenvalue weighted by atomic mass is 19.4. The number of amides is 1. The molecule has 1 rings (SSSR count). The van der Waals surface area contributed by atoms with E-state index in [9.17, 15) is 31.5 Å². The lowest BCUT2D eigenvalue weighted by Crippen LogP contribution is -2.50. The Kier molecular flexibility index (Phi) is 4.31. The van der Waals surface area contributed by atoms with Gasteiger partial charge in [-0.2, -0.15) is 22.0 Å². The first kappa shape index (κ1) is 15.9. The molecule has 0 heterocycles. The predicted octanol–water partition coefficient (Wildman–Crippen LogP) is 2.20. The molecule has 0 saturated carbocycles. The number of benzene rings is 1. The normalized spacial score (nSPS) is 12.1. The van der Waals surface area contributed by atoms with E-state index < -0.39 is 30.5 Å². The molecule has 4 nitrogen and oxygen atoms in total. The summed E-state index contributed by atoms with van der Waals surface area (Å²) >= 11 is 0. The second-order valence-corrected chi connectivity index (χ2v) is 3.76. The van der Waals surface area contributed by atoms with Crippen molar-refractivity contribution in [1.82, 2.24) is 5.32 Å². The molecule has 0 unspecified atom stereocenters. The first-order chi connectivity index (χ1) is 9.05. The zero-order valence-electron chi connectivity index (χ0n) is 9.67. The molecule has 9 heteroatoms. The molecule has 0 aliphatic rings. The smallest absolute Gasteiger partial charge is 0.463 e. The molecule has 0 aliphatic carbocycles. The summed E-state index contributed by atoms with van der Waals surface area (Å²) < 4.78 is 60.9. The monoisotopic (exact) mass is 297 g/mol. The van der Waals surface area contributed by atoms with Gasteiger partial charge in [0.25, 0.3) is 0 Å². The van der Waals surface area contributed by atoms with Gasteiger partial charge in [0.05, 0.1) is 5.56 Å². The number of nitrogens with one attached hydrogen (secondary N) is 1. The van der Waals surface area contributed by atoms with E-state index in [0.29, 0.717) is 0 Å². The fourth-order valence-electron chi connectivity index (χ4n) is 1.24. The Balaban J connectivity index is 2.75. The molecule has 0 fully saturated rings. The van der Waals surface area contributed by atoms with Crippen LogP contribution in [0, 0.1) is 0 Å². The minimum Gasteiger partial charge on any atom is -0.478 e. The number of aromatic carboxylic acids is 1. The standard InChI is InChI=1S/C11H8F5NO3/c12-10(13,11(14,15)16)9(20)17-5-6-2-1-3-7(4-6)8(18)19/h1-4H,5H2,(H,17,20)(H,18,19). The van der Waals surface area contributed by atoms with Crippen LogP contribution in [0.5, 0.6) is 0 Å². The summed E-state index contributed by atoms with van der Waals surface area (Å²) in [7, 11) is 0. The first-order valence-electron chi connectivity index (χ1n) is 5.11. The summed E-state index contributed by atoms with van der Waals surface area (Å²) in [6, 6.07) is 4.80. The molecule has 20 heavy (non-hydrogen) atoms. The summed E-state index contributed by atoms with van der Waals surface area (Å²) in [5.41, 5.74) is -0.101. The third kappa shape index (κ3) is 3.43. The molecule has 1 aromatic carbocycles. The molecule has 110 valence electrons. The van der Waals surface area contributed by atoms with Crippen molar-refractivity contribution in [3.05, 3.63) is 35.4 Å². The fourth-order valence-corrected chi connectivity index (χ4v) is 1.24. The minimum atomic E-state index is -5.99. The molecule has 1 amide bonds. The molecule has 0 bridgehead atoms. The number of halogens is 5. The Labute approximate surface area is 109 Å². The minimum absolute atomic E-state index is 0.0798. The SMILES string of the molecule is O=C(O)c1cccc(CNC(=O)C(F)(F)C(F)(F)F)c1. The Morgan fingerprint density at radius 3 is 2.25 bits per heavy atom. The van der Waals surface area contributed by atoms with Crippen molar-refractivity contribution < 1.29 is 36.6 Å². The van der Waals surface area contributed by atoms with Crippen molar-refractivity contribution in [1.29, 1.82) is 0 Å². The van der Waals surface area contributed by atoms with Gasteiger partial charge in [0, 0.05) is 6.54 Å². The number of carbonyl (C=O) groups is 2. The van der Waals surface area contributed by atoms with Crippen molar-refractivity contribution in [2.45, 2.75) is 18.6 Å². The lowest BCUT2D eigenvalue weighted by atomic mass is 10.1. The molecule has 2 N–H and O–H groups in total. The molecule has 0 spiro atoms. The zero-order valence-corrected chi connectivity index (χ0v) is 9.67. The Morgan fingerprint density at radius 1 is 1.15 bits per heavy atom. The van der Waals surface area contributed by atoms with Gasteiger partial charge >= 0.3 is 24.0 Å². The molecule has 0 atom stereocenters. The fraction of sp³-hybridized carbons (Fsp3) is 0.273. The third-order valence-corrected chi connectivity index (χ3v) is 2.27. The van der Waals surface area contributed by atoms with E-state index in [4.69, 9.17) is 5.11 Å². The van der Waals surface area contributed by atoms with Crippen molar-refractivity contribution in [3.63, 3.8) is 0 Å². The van der Waals surface area contributed by atoms with Crippen molar-refractivity contribution in [3.8, 4) is 0 Å². The second-order valence-electron chi connectivity index (χ2n) is 3.76. The van der Waals surface area contributed by atoms with Gasteiger partial charge in [-0.15, -0.1) is 0 Å². The van der Waals surface area contributed by atoms with E-state index >= 15 is 0 Å².